The molecule has 0 spiro atoms. The lowest BCUT2D eigenvalue weighted by atomic mass is 11.0. The predicted octanol–water partition coefficient (Wildman–Crippen LogP) is 1.02. The Balaban J connectivity index is 3.62. The minimum absolute atomic E-state index is 0.370. The lowest BCUT2D eigenvalue weighted by Crippen LogP contribution is -1.95. The summed E-state index contributed by atoms with van der Waals surface area (Å²) in [5, 5.41) is 16.3. The summed E-state index contributed by atoms with van der Waals surface area (Å²) in [5.74, 6) is 1.44. The van der Waals surface area contributed by atoms with Gasteiger partial charge in [0.05, 0.1) is 0 Å². The van der Waals surface area contributed by atoms with Gasteiger partial charge in [0.1, 0.15) is 0 Å². The van der Waals surface area contributed by atoms with Gasteiger partial charge in [0.2, 0.25) is 5.24 Å². The topological polar surface area (TPSA) is 40.5 Å². The molecule has 2 nitrogen and oxygen atoms in total. The van der Waals surface area contributed by atoms with E-state index in [1.807, 2.05) is 0 Å². The second kappa shape index (κ2) is 4.38. The molecular weight excluding hydrogens is 144 g/mol. The van der Waals surface area contributed by atoms with Crippen LogP contribution in [0.2, 0.25) is 0 Å². The van der Waals surface area contributed by atoms with E-state index >= 15 is 0 Å². The van der Waals surface area contributed by atoms with Crippen molar-refractivity contribution in [1.82, 2.24) is 0 Å². The Bertz CT molecular complexity index is 96.2. The van der Waals surface area contributed by atoms with Crippen LogP contribution in [0.1, 0.15) is 0 Å². The largest absolute Gasteiger partial charge is 0.337 e. The van der Waals surface area contributed by atoms with Crippen LogP contribution in [-0.2, 0) is 0 Å². The minimum atomic E-state index is -0.459. The number of rotatable bonds is 2. The predicted molar refractivity (Wildman–Crippen MR) is 42.5 cm³/mol. The van der Waals surface area contributed by atoms with Crippen molar-refractivity contribution in [2.75, 3.05) is 17.8 Å². The molecule has 0 aromatic heterocycles. The molecule has 1 unspecified atom stereocenters. The van der Waals surface area contributed by atoms with Gasteiger partial charge < -0.3 is 10.2 Å². The molecule has 0 aliphatic heterocycles. The highest BCUT2D eigenvalue weighted by atomic mass is 32.2. The number of aliphatic hydroxyl groups is 2. The van der Waals surface area contributed by atoms with E-state index in [1.165, 1.54) is 0 Å². The van der Waals surface area contributed by atoms with Gasteiger partial charge in [-0.25, -0.2) is 0 Å². The first kappa shape index (κ1) is 8.49. The molecule has 0 saturated heterocycles. The molecule has 0 rings (SSSR count). The Hall–Kier alpha value is 0.490. The molecule has 0 radical (unpaired) electrons. The quantitative estimate of drug-likeness (QED) is 0.410. The van der Waals surface area contributed by atoms with Crippen molar-refractivity contribution in [3.63, 3.8) is 0 Å². The van der Waals surface area contributed by atoms with Crippen molar-refractivity contribution in [2.24, 2.45) is 0 Å². The van der Waals surface area contributed by atoms with E-state index in [0.29, 0.717) is 5.75 Å². The van der Waals surface area contributed by atoms with Crippen molar-refractivity contribution >= 4 is 28.3 Å². The van der Waals surface area contributed by atoms with Gasteiger partial charge in [-0.3, -0.25) is 0 Å². The Labute approximate surface area is 56.9 Å². The van der Waals surface area contributed by atoms with E-state index in [4.69, 9.17) is 10.2 Å². The van der Waals surface area contributed by atoms with Gasteiger partial charge in [-0.2, -0.15) is 12.6 Å². The molecule has 8 heavy (non-hydrogen) atoms. The molecule has 4 heteroatoms. The Morgan fingerprint density at radius 2 is 2.12 bits per heavy atom. The monoisotopic (exact) mass is 154 g/mol. The maximum Gasteiger partial charge on any atom is 0.204 e. The highest BCUT2D eigenvalue weighted by molar-refractivity contribution is 8.15. The molecule has 50 valence electrons. The average Bonchev–Trinajstić information content (AvgIpc) is 1.67. The summed E-state index contributed by atoms with van der Waals surface area (Å²) >= 11 is 3.93. The van der Waals surface area contributed by atoms with Crippen LogP contribution in [0.4, 0.5) is 0 Å². The molecule has 0 fully saturated rings. The van der Waals surface area contributed by atoms with E-state index < -0.39 is 5.24 Å². The van der Waals surface area contributed by atoms with Crippen molar-refractivity contribution in [1.29, 1.82) is 0 Å². The molecular formula is C4H10O2S2. The third-order valence-corrected chi connectivity index (χ3v) is 2.68. The van der Waals surface area contributed by atoms with Crippen molar-refractivity contribution in [3.8, 4) is 0 Å². The normalized spacial score (nSPS) is 13.5. The van der Waals surface area contributed by atoms with Gasteiger partial charge in [0, 0.05) is 5.75 Å². The summed E-state index contributed by atoms with van der Waals surface area (Å²) in [5.41, 5.74) is 0. The van der Waals surface area contributed by atoms with Gasteiger partial charge in [0.15, 0.2) is 0 Å². The standard InChI is InChI=1S/C4H10O2S2/c1-8(3-2-7)4(5)6/h5-7H,2-3H2,1H3. The fourth-order valence-electron chi connectivity index (χ4n) is 0.228. The molecule has 0 saturated carbocycles. The molecule has 2 N–H and O–H groups in total. The lowest BCUT2D eigenvalue weighted by Gasteiger charge is -1.97. The second-order valence-electron chi connectivity index (χ2n) is 1.35. The van der Waals surface area contributed by atoms with Crippen LogP contribution in [-0.4, -0.2) is 33.2 Å². The molecule has 0 heterocycles. The summed E-state index contributed by atoms with van der Waals surface area (Å²) in [6.07, 6.45) is 1.77. The number of hydrogen-bond acceptors (Lipinski definition) is 1. The van der Waals surface area contributed by atoms with Crippen LogP contribution >= 0.6 is 23.1 Å². The highest BCUT2D eigenvalue weighted by Crippen LogP contribution is 2.06. The van der Waals surface area contributed by atoms with Crippen LogP contribution in [0.3, 0.4) is 0 Å². The third kappa shape index (κ3) is 3.49. The van der Waals surface area contributed by atoms with Gasteiger partial charge >= 0.3 is 0 Å². The highest BCUT2D eigenvalue weighted by Gasteiger charge is 1.89. The van der Waals surface area contributed by atoms with Gasteiger partial charge in [0.25, 0.3) is 0 Å². The maximum atomic E-state index is 8.40. The Morgan fingerprint density at radius 1 is 1.62 bits per heavy atom. The number of hydrogen-bond donors (Lipinski definition) is 3. The van der Waals surface area contributed by atoms with E-state index in [9.17, 15) is 0 Å². The fourth-order valence-corrected chi connectivity index (χ4v) is 1.51. The summed E-state index contributed by atoms with van der Waals surface area (Å²) in [6.45, 7) is 0. The molecule has 0 aromatic rings. The SMILES string of the molecule is CS(CCS)=C(O)O. The Morgan fingerprint density at radius 3 is 2.25 bits per heavy atom. The molecule has 0 aliphatic rings. The van der Waals surface area contributed by atoms with Crippen LogP contribution in [0.5, 0.6) is 0 Å². The second-order valence-corrected chi connectivity index (χ2v) is 3.84. The molecule has 0 bridgehead atoms. The first-order valence-electron chi connectivity index (χ1n) is 2.16. The zero-order valence-corrected chi connectivity index (χ0v) is 6.38. The summed E-state index contributed by atoms with van der Waals surface area (Å²) in [6, 6.07) is 0. The van der Waals surface area contributed by atoms with E-state index in [-0.39, 0.29) is 10.5 Å². The van der Waals surface area contributed by atoms with Crippen LogP contribution in [0, 0.1) is 0 Å². The minimum Gasteiger partial charge on any atom is -0.337 e. The molecule has 0 aliphatic carbocycles. The van der Waals surface area contributed by atoms with Gasteiger partial charge in [-0.1, -0.05) is 0 Å². The maximum absolute atomic E-state index is 8.40. The first-order valence-corrected chi connectivity index (χ1v) is 4.60. The Kier molecular flexibility index (Phi) is 4.64. The average molecular weight is 154 g/mol. The van der Waals surface area contributed by atoms with Crippen molar-refractivity contribution < 1.29 is 10.2 Å². The van der Waals surface area contributed by atoms with Crippen molar-refractivity contribution in [3.05, 3.63) is 0 Å². The van der Waals surface area contributed by atoms with Crippen molar-refractivity contribution in [2.45, 2.75) is 0 Å². The number of aliphatic hydroxyl groups excluding tert-OH is 1. The van der Waals surface area contributed by atoms with Crippen LogP contribution in [0.15, 0.2) is 0 Å². The fraction of sp³-hybridized carbons (Fsp3) is 0.750. The number of thiol groups is 1. The third-order valence-electron chi connectivity index (χ3n) is 0.709. The van der Waals surface area contributed by atoms with Gasteiger partial charge in [-0.15, -0.1) is 10.5 Å². The summed E-state index contributed by atoms with van der Waals surface area (Å²) < 4.78 is 0. The first-order chi connectivity index (χ1) is 3.68. The molecule has 0 amide bonds. The lowest BCUT2D eigenvalue weighted by molar-refractivity contribution is 0.385. The van der Waals surface area contributed by atoms with E-state index in [0.717, 1.165) is 5.75 Å². The summed E-state index contributed by atoms with van der Waals surface area (Å²) in [4.78, 5) is 0. The summed E-state index contributed by atoms with van der Waals surface area (Å²) in [7, 11) is -0.370. The zero-order chi connectivity index (χ0) is 6.57. The molecule has 0 aromatic carbocycles. The van der Waals surface area contributed by atoms with E-state index in [2.05, 4.69) is 12.6 Å². The van der Waals surface area contributed by atoms with Gasteiger partial charge in [-0.05, 0) is 12.0 Å². The molecule has 1 atom stereocenters. The van der Waals surface area contributed by atoms with E-state index in [1.54, 1.807) is 6.26 Å². The zero-order valence-electron chi connectivity index (χ0n) is 4.66. The van der Waals surface area contributed by atoms with Crippen LogP contribution < -0.4 is 0 Å². The smallest absolute Gasteiger partial charge is 0.204 e. The van der Waals surface area contributed by atoms with Crippen LogP contribution in [0.25, 0.3) is 0 Å².